The van der Waals surface area contributed by atoms with Gasteiger partial charge in [0.15, 0.2) is 0 Å². The predicted octanol–water partition coefficient (Wildman–Crippen LogP) is 3.32. The van der Waals surface area contributed by atoms with E-state index in [-0.39, 0.29) is 41.3 Å². The van der Waals surface area contributed by atoms with Crippen molar-refractivity contribution in [1.82, 2.24) is 5.32 Å². The maximum Gasteiger partial charge on any atom is 0.407 e. The highest BCUT2D eigenvalue weighted by molar-refractivity contribution is 5.94. The van der Waals surface area contributed by atoms with Gasteiger partial charge in [0, 0.05) is 19.3 Å². The largest absolute Gasteiger partial charge is 0.443 e. The summed E-state index contributed by atoms with van der Waals surface area (Å²) in [5.74, 6) is -0.241. The molecular weight excluding hydrogens is 474 g/mol. The first-order valence-electron chi connectivity index (χ1n) is 13.2. The summed E-state index contributed by atoms with van der Waals surface area (Å²) in [5, 5.41) is 5.61. The Hall–Kier alpha value is -2.46. The van der Waals surface area contributed by atoms with Crippen molar-refractivity contribution in [2.24, 2.45) is 11.7 Å². The summed E-state index contributed by atoms with van der Waals surface area (Å²) >= 11 is 0. The standard InChI is InChI=1S/C28H41N3O6/c1-17(2)6-11-22-27(4,37-22)24-23(34-5)21(12-14-28(24)16-35-28)36-26(33)30-15-13-19-7-9-20(10-8-19)31-25(32)18(3)29/h6-10,18,21-24H,11-16,29H2,1-5H3,(H,30,33)(H,31,32)/t18-,21+,22+,23+,24+,27?,28-/m0/s1. The average molecular weight is 516 g/mol. The summed E-state index contributed by atoms with van der Waals surface area (Å²) in [7, 11) is 1.67. The molecule has 1 aromatic rings. The van der Waals surface area contributed by atoms with Gasteiger partial charge in [-0.05, 0) is 71.1 Å². The van der Waals surface area contributed by atoms with Gasteiger partial charge >= 0.3 is 6.09 Å². The van der Waals surface area contributed by atoms with E-state index in [9.17, 15) is 9.59 Å². The first kappa shape index (κ1) is 27.6. The zero-order chi connectivity index (χ0) is 26.8. The Morgan fingerprint density at radius 1 is 1.27 bits per heavy atom. The van der Waals surface area contributed by atoms with Crippen LogP contribution in [0.2, 0.25) is 0 Å². The van der Waals surface area contributed by atoms with Gasteiger partial charge < -0.3 is 35.3 Å². The van der Waals surface area contributed by atoms with Crippen LogP contribution in [0, 0.1) is 5.92 Å². The third-order valence-electron chi connectivity index (χ3n) is 7.81. The second-order valence-electron chi connectivity index (χ2n) is 11.0. The molecule has 4 rings (SSSR count). The first-order chi connectivity index (χ1) is 17.6. The van der Waals surface area contributed by atoms with Crippen molar-refractivity contribution >= 4 is 17.7 Å². The van der Waals surface area contributed by atoms with Gasteiger partial charge in [-0.1, -0.05) is 23.8 Å². The van der Waals surface area contributed by atoms with Gasteiger partial charge in [-0.25, -0.2) is 4.79 Å². The maximum absolute atomic E-state index is 12.7. The van der Waals surface area contributed by atoms with E-state index in [1.165, 1.54) is 5.57 Å². The van der Waals surface area contributed by atoms with E-state index in [1.54, 1.807) is 14.0 Å². The van der Waals surface area contributed by atoms with Crippen LogP contribution in [0.1, 0.15) is 52.5 Å². The minimum Gasteiger partial charge on any atom is -0.443 e. The van der Waals surface area contributed by atoms with E-state index < -0.39 is 12.1 Å². The molecule has 0 radical (unpaired) electrons. The summed E-state index contributed by atoms with van der Waals surface area (Å²) < 4.78 is 24.0. The molecule has 2 heterocycles. The lowest BCUT2D eigenvalue weighted by Crippen LogP contribution is -2.56. The van der Waals surface area contributed by atoms with Crippen LogP contribution in [-0.2, 0) is 30.2 Å². The third-order valence-corrected chi connectivity index (χ3v) is 7.81. The third kappa shape index (κ3) is 6.34. The number of nitrogens with two attached hydrogens (primary N) is 1. The lowest BCUT2D eigenvalue weighted by atomic mass is 9.68. The minimum atomic E-state index is -0.571. The second kappa shape index (κ2) is 11.1. The Balaban J connectivity index is 1.29. The van der Waals surface area contributed by atoms with Crippen LogP contribution >= 0.6 is 0 Å². The molecule has 1 spiro atoms. The smallest absolute Gasteiger partial charge is 0.407 e. The van der Waals surface area contributed by atoms with Crippen molar-refractivity contribution in [3.8, 4) is 0 Å². The molecule has 3 fully saturated rings. The summed E-state index contributed by atoms with van der Waals surface area (Å²) in [6, 6.07) is 6.89. The zero-order valence-electron chi connectivity index (χ0n) is 22.5. The molecule has 0 bridgehead atoms. The molecule has 9 heteroatoms. The van der Waals surface area contributed by atoms with Crippen LogP contribution in [0.3, 0.4) is 0 Å². The molecule has 0 aromatic heterocycles. The normalized spacial score (nSPS) is 32.8. The fourth-order valence-electron chi connectivity index (χ4n) is 5.57. The predicted molar refractivity (Wildman–Crippen MR) is 140 cm³/mol. The molecule has 2 aliphatic heterocycles. The molecule has 204 valence electrons. The number of allylic oxidation sites excluding steroid dienone is 1. The molecule has 1 aliphatic carbocycles. The number of alkyl carbamates (subject to hydrolysis) is 1. The number of hydrogen-bond acceptors (Lipinski definition) is 7. The summed E-state index contributed by atoms with van der Waals surface area (Å²) in [4.78, 5) is 24.4. The second-order valence-corrected chi connectivity index (χ2v) is 11.0. The van der Waals surface area contributed by atoms with E-state index in [1.807, 2.05) is 24.3 Å². The lowest BCUT2D eigenvalue weighted by molar-refractivity contribution is -0.118. The van der Waals surface area contributed by atoms with Crippen molar-refractivity contribution < 1.29 is 28.5 Å². The highest BCUT2D eigenvalue weighted by atomic mass is 16.6. The van der Waals surface area contributed by atoms with Gasteiger partial charge in [-0.2, -0.15) is 0 Å². The summed E-state index contributed by atoms with van der Waals surface area (Å²) in [6.07, 6.45) is 4.17. The number of ether oxygens (including phenoxy) is 4. The van der Waals surface area contributed by atoms with Gasteiger partial charge in [-0.15, -0.1) is 0 Å². The van der Waals surface area contributed by atoms with Gasteiger partial charge in [0.05, 0.1) is 24.7 Å². The number of methoxy groups -OCH3 is 1. The van der Waals surface area contributed by atoms with Gasteiger partial charge in [-0.3, -0.25) is 4.79 Å². The number of nitrogens with one attached hydrogen (secondary N) is 2. The van der Waals surface area contributed by atoms with Gasteiger partial charge in [0.2, 0.25) is 5.91 Å². The number of epoxide rings is 2. The fourth-order valence-corrected chi connectivity index (χ4v) is 5.57. The molecule has 9 nitrogen and oxygen atoms in total. The zero-order valence-corrected chi connectivity index (χ0v) is 22.5. The van der Waals surface area contributed by atoms with Crippen molar-refractivity contribution in [3.05, 3.63) is 41.5 Å². The number of carbonyl (C=O) groups excluding carboxylic acids is 2. The van der Waals surface area contributed by atoms with Crippen molar-refractivity contribution in [1.29, 1.82) is 0 Å². The molecule has 1 unspecified atom stereocenters. The van der Waals surface area contributed by atoms with E-state index in [4.69, 9.17) is 24.7 Å². The monoisotopic (exact) mass is 515 g/mol. The van der Waals surface area contributed by atoms with Crippen LogP contribution in [0.4, 0.5) is 10.5 Å². The quantitative estimate of drug-likeness (QED) is 0.322. The first-order valence-corrected chi connectivity index (χ1v) is 13.2. The molecule has 7 atom stereocenters. The fraction of sp³-hybridized carbons (Fsp3) is 0.643. The van der Waals surface area contributed by atoms with E-state index in [0.717, 1.165) is 18.4 Å². The highest BCUT2D eigenvalue weighted by Gasteiger charge is 2.72. The number of benzene rings is 1. The van der Waals surface area contributed by atoms with Gasteiger partial charge in [0.1, 0.15) is 23.4 Å². The van der Waals surface area contributed by atoms with Crippen LogP contribution in [0.25, 0.3) is 0 Å². The topological polar surface area (TPSA) is 128 Å². The molecule has 1 aromatic carbocycles. The Bertz CT molecular complexity index is 1000. The van der Waals surface area contributed by atoms with E-state index >= 15 is 0 Å². The summed E-state index contributed by atoms with van der Waals surface area (Å²) in [6.45, 7) is 9.06. The molecular formula is C28H41N3O6. The number of amides is 2. The number of hydrogen-bond donors (Lipinski definition) is 3. The number of rotatable bonds is 10. The Morgan fingerprint density at radius 2 is 1.97 bits per heavy atom. The number of anilines is 1. The summed E-state index contributed by atoms with van der Waals surface area (Å²) in [5.41, 5.74) is 7.95. The molecule has 2 amide bonds. The Kier molecular flexibility index (Phi) is 8.28. The Labute approximate surface area is 219 Å². The minimum absolute atomic E-state index is 0.00613. The highest BCUT2D eigenvalue weighted by Crippen LogP contribution is 2.59. The van der Waals surface area contributed by atoms with Crippen molar-refractivity contribution in [2.75, 3.05) is 25.6 Å². The number of carbonyl (C=O) groups is 2. The molecule has 1 saturated carbocycles. The van der Waals surface area contributed by atoms with Crippen LogP contribution in [0.15, 0.2) is 35.9 Å². The van der Waals surface area contributed by atoms with Gasteiger partial charge in [0.25, 0.3) is 0 Å². The van der Waals surface area contributed by atoms with E-state index in [0.29, 0.717) is 31.7 Å². The molecule has 37 heavy (non-hydrogen) atoms. The van der Waals surface area contributed by atoms with Crippen LogP contribution < -0.4 is 16.4 Å². The Morgan fingerprint density at radius 3 is 2.57 bits per heavy atom. The maximum atomic E-state index is 12.7. The lowest BCUT2D eigenvalue weighted by Gasteiger charge is -2.42. The molecule has 2 saturated heterocycles. The molecule has 3 aliphatic rings. The molecule has 4 N–H and O–H groups in total. The van der Waals surface area contributed by atoms with Crippen molar-refractivity contribution in [2.45, 2.75) is 88.9 Å². The SMILES string of the molecule is CO[C@H]1[C@H](C2(C)O[C@@H]2CC=C(C)C)[C@]2(CC[C@H]1OC(=O)NCCc1ccc(NC(=O)[C@H](C)N)cc1)CO2. The van der Waals surface area contributed by atoms with Crippen molar-refractivity contribution in [3.63, 3.8) is 0 Å². The van der Waals surface area contributed by atoms with Crippen LogP contribution in [-0.4, -0.2) is 67.8 Å². The average Bonchev–Trinajstić information content (AvgIpc) is 3.77. The van der Waals surface area contributed by atoms with E-state index in [2.05, 4.69) is 37.5 Å². The van der Waals surface area contributed by atoms with Crippen LogP contribution in [0.5, 0.6) is 0 Å².